The molecule has 1 N–H and O–H groups in total. The summed E-state index contributed by atoms with van der Waals surface area (Å²) in [6, 6.07) is 13.4. The number of hydrogen-bond donors (Lipinski definition) is 1. The lowest BCUT2D eigenvalue weighted by Crippen LogP contribution is -2.31. The molecule has 1 amide bonds. The molecule has 1 aromatic carbocycles. The van der Waals surface area contributed by atoms with E-state index in [0.717, 1.165) is 41.7 Å². The number of carbonyl (C=O) groups excluding carboxylic acids is 1. The summed E-state index contributed by atoms with van der Waals surface area (Å²) in [6.45, 7) is 1.25. The Labute approximate surface area is 173 Å². The average molecular weight is 402 g/mol. The van der Waals surface area contributed by atoms with Gasteiger partial charge in [0.15, 0.2) is 0 Å². The molecule has 0 bridgehead atoms. The van der Waals surface area contributed by atoms with Gasteiger partial charge in [0.25, 0.3) is 5.91 Å². The maximum absolute atomic E-state index is 13.3. The number of nitrogens with one attached hydrogen (secondary N) is 1. The zero-order valence-electron chi connectivity index (χ0n) is 16.7. The molecule has 1 aliphatic heterocycles. The van der Waals surface area contributed by atoms with Crippen molar-refractivity contribution in [1.82, 2.24) is 19.7 Å². The van der Waals surface area contributed by atoms with Crippen LogP contribution in [0.1, 0.15) is 23.2 Å². The van der Waals surface area contributed by atoms with Crippen LogP contribution in [0.4, 0.5) is 0 Å². The van der Waals surface area contributed by atoms with Gasteiger partial charge in [-0.2, -0.15) is 0 Å². The molecule has 1 fully saturated rings. The molecule has 1 atom stereocenters. The van der Waals surface area contributed by atoms with Gasteiger partial charge in [-0.1, -0.05) is 6.07 Å². The fraction of sp³-hybridized carbons (Fsp3) is 0.261. The molecule has 0 aliphatic carbocycles. The number of fused-ring (bicyclic) bond motifs is 3. The molecule has 0 radical (unpaired) electrons. The minimum atomic E-state index is -0.145. The van der Waals surface area contributed by atoms with Crippen LogP contribution in [0.15, 0.2) is 55.0 Å². The number of pyridine rings is 1. The summed E-state index contributed by atoms with van der Waals surface area (Å²) < 4.78 is 12.9. The van der Waals surface area contributed by atoms with Crippen LogP contribution in [0.3, 0.4) is 0 Å². The van der Waals surface area contributed by atoms with Crippen molar-refractivity contribution in [1.29, 1.82) is 0 Å². The molecule has 1 saturated heterocycles. The highest BCUT2D eigenvalue weighted by Gasteiger charge is 2.24. The summed E-state index contributed by atoms with van der Waals surface area (Å²) in [7, 11) is 1.63. The zero-order chi connectivity index (χ0) is 20.5. The summed E-state index contributed by atoms with van der Waals surface area (Å²) in [6.07, 6.45) is 5.53. The molecule has 5 rings (SSSR count). The topological polar surface area (TPSA) is 77.8 Å². The van der Waals surface area contributed by atoms with E-state index < -0.39 is 0 Å². The van der Waals surface area contributed by atoms with Gasteiger partial charge in [0.05, 0.1) is 35.4 Å². The van der Waals surface area contributed by atoms with Crippen molar-refractivity contribution in [2.45, 2.75) is 18.9 Å². The lowest BCUT2D eigenvalue weighted by atomic mass is 10.0. The highest BCUT2D eigenvalue weighted by atomic mass is 16.5. The molecule has 152 valence electrons. The molecule has 3 aromatic heterocycles. The number of hydrogen-bond acceptors (Lipinski definition) is 5. The normalized spacial score (nSPS) is 16.2. The second kappa shape index (κ2) is 7.76. The van der Waals surface area contributed by atoms with Gasteiger partial charge >= 0.3 is 0 Å². The number of nitrogens with zero attached hydrogens (tertiary/aromatic N) is 3. The van der Waals surface area contributed by atoms with Gasteiger partial charge in [0, 0.05) is 24.9 Å². The molecule has 7 heteroatoms. The lowest BCUT2D eigenvalue weighted by Gasteiger charge is -2.11. The van der Waals surface area contributed by atoms with Crippen LogP contribution in [-0.2, 0) is 4.74 Å². The number of rotatable bonds is 5. The third kappa shape index (κ3) is 3.17. The Morgan fingerprint density at radius 3 is 2.87 bits per heavy atom. The van der Waals surface area contributed by atoms with E-state index in [1.54, 1.807) is 7.11 Å². The molecule has 0 saturated carbocycles. The van der Waals surface area contributed by atoms with E-state index in [0.29, 0.717) is 23.4 Å². The zero-order valence-corrected chi connectivity index (χ0v) is 16.7. The summed E-state index contributed by atoms with van der Waals surface area (Å²) in [5.74, 6) is 0.620. The molecule has 7 nitrogen and oxygen atoms in total. The fourth-order valence-corrected chi connectivity index (χ4v) is 4.05. The van der Waals surface area contributed by atoms with Crippen LogP contribution in [0.5, 0.6) is 5.75 Å². The third-order valence-corrected chi connectivity index (χ3v) is 5.53. The summed E-state index contributed by atoms with van der Waals surface area (Å²) in [5.41, 5.74) is 3.69. The minimum absolute atomic E-state index is 0.0754. The van der Waals surface area contributed by atoms with Crippen molar-refractivity contribution in [3.05, 3.63) is 60.6 Å². The minimum Gasteiger partial charge on any atom is -0.497 e. The Balaban J connectivity index is 1.65. The Kier molecular flexibility index (Phi) is 4.80. The lowest BCUT2D eigenvalue weighted by molar-refractivity contribution is 0.0860. The van der Waals surface area contributed by atoms with E-state index in [1.807, 2.05) is 53.1 Å². The summed E-state index contributed by atoms with van der Waals surface area (Å²) in [4.78, 5) is 22.3. The van der Waals surface area contributed by atoms with E-state index in [2.05, 4.69) is 15.3 Å². The van der Waals surface area contributed by atoms with Crippen molar-refractivity contribution < 1.29 is 14.3 Å². The van der Waals surface area contributed by atoms with Gasteiger partial charge in [0.1, 0.15) is 17.7 Å². The average Bonchev–Trinajstić information content (AvgIpc) is 3.43. The molecule has 0 unspecified atom stereocenters. The van der Waals surface area contributed by atoms with Crippen molar-refractivity contribution in [3.8, 4) is 17.0 Å². The molecule has 4 aromatic rings. The molecule has 30 heavy (non-hydrogen) atoms. The van der Waals surface area contributed by atoms with Crippen LogP contribution in [0.25, 0.3) is 27.8 Å². The standard InChI is InChI=1S/C23H22N4O3/c1-29-16-9-7-15(8-10-16)21-20-19(23(28)24-13-17-5-4-12-30-17)18-6-2-3-11-27(18)22(20)26-14-25-21/h2-3,6-11,14,17H,4-5,12-13H2,1H3,(H,24,28)/t17-/m0/s1. The van der Waals surface area contributed by atoms with E-state index >= 15 is 0 Å². The highest BCUT2D eigenvalue weighted by Crippen LogP contribution is 2.33. The van der Waals surface area contributed by atoms with Crippen LogP contribution < -0.4 is 10.1 Å². The number of aromatic nitrogens is 3. The fourth-order valence-electron chi connectivity index (χ4n) is 4.05. The van der Waals surface area contributed by atoms with Crippen molar-refractivity contribution in [3.63, 3.8) is 0 Å². The quantitative estimate of drug-likeness (QED) is 0.553. The van der Waals surface area contributed by atoms with Crippen molar-refractivity contribution >= 4 is 22.5 Å². The number of amides is 1. The van der Waals surface area contributed by atoms with Crippen molar-refractivity contribution in [2.75, 3.05) is 20.3 Å². The molecular formula is C23H22N4O3. The predicted molar refractivity (Wildman–Crippen MR) is 114 cm³/mol. The van der Waals surface area contributed by atoms with E-state index in [1.165, 1.54) is 6.33 Å². The van der Waals surface area contributed by atoms with Gasteiger partial charge in [-0.15, -0.1) is 0 Å². The van der Waals surface area contributed by atoms with Crippen molar-refractivity contribution in [2.24, 2.45) is 0 Å². The van der Waals surface area contributed by atoms with Crippen LogP contribution in [0, 0.1) is 0 Å². The number of methoxy groups -OCH3 is 1. The van der Waals surface area contributed by atoms with E-state index in [-0.39, 0.29) is 12.0 Å². The van der Waals surface area contributed by atoms with E-state index in [9.17, 15) is 4.79 Å². The number of carbonyl (C=O) groups is 1. The highest BCUT2D eigenvalue weighted by molar-refractivity contribution is 6.16. The first-order chi connectivity index (χ1) is 14.8. The SMILES string of the molecule is COc1ccc(-c2ncnc3c2c(C(=O)NC[C@@H]2CCCO2)c2ccccn23)cc1. The maximum Gasteiger partial charge on any atom is 0.254 e. The molecule has 0 spiro atoms. The Morgan fingerprint density at radius 2 is 2.10 bits per heavy atom. The first-order valence-electron chi connectivity index (χ1n) is 10.0. The smallest absolute Gasteiger partial charge is 0.254 e. The second-order valence-corrected chi connectivity index (χ2v) is 7.33. The monoisotopic (exact) mass is 402 g/mol. The number of ether oxygens (including phenoxy) is 2. The first kappa shape index (κ1) is 18.6. The van der Waals surface area contributed by atoms with Gasteiger partial charge < -0.3 is 19.2 Å². The maximum atomic E-state index is 13.3. The van der Waals surface area contributed by atoms with Crippen LogP contribution in [0.2, 0.25) is 0 Å². The largest absolute Gasteiger partial charge is 0.497 e. The first-order valence-corrected chi connectivity index (χ1v) is 10.0. The Bertz CT molecular complexity index is 1210. The predicted octanol–water partition coefficient (Wildman–Crippen LogP) is 3.47. The Hall–Kier alpha value is -3.45. The van der Waals surface area contributed by atoms with E-state index in [4.69, 9.17) is 9.47 Å². The summed E-state index contributed by atoms with van der Waals surface area (Å²) in [5, 5.41) is 3.79. The van der Waals surface area contributed by atoms with Gasteiger partial charge in [0.2, 0.25) is 0 Å². The van der Waals surface area contributed by atoms with Gasteiger partial charge in [-0.05, 0) is 49.2 Å². The van der Waals surface area contributed by atoms with Crippen LogP contribution >= 0.6 is 0 Å². The third-order valence-electron chi connectivity index (χ3n) is 5.53. The van der Waals surface area contributed by atoms with Gasteiger partial charge in [-0.25, -0.2) is 9.97 Å². The molecule has 4 heterocycles. The number of benzene rings is 1. The Morgan fingerprint density at radius 1 is 1.23 bits per heavy atom. The van der Waals surface area contributed by atoms with Gasteiger partial charge in [-0.3, -0.25) is 4.79 Å². The second-order valence-electron chi connectivity index (χ2n) is 7.33. The summed E-state index contributed by atoms with van der Waals surface area (Å²) >= 11 is 0. The van der Waals surface area contributed by atoms with Crippen LogP contribution in [-0.4, -0.2) is 46.6 Å². The molecular weight excluding hydrogens is 380 g/mol. The molecule has 1 aliphatic rings.